The van der Waals surface area contributed by atoms with Crippen molar-refractivity contribution >= 4 is 17.6 Å². The Balaban J connectivity index is 2.21. The molecular formula is C11H10N2OS. The highest BCUT2D eigenvalue weighted by molar-refractivity contribution is 7.11. The van der Waals surface area contributed by atoms with Gasteiger partial charge in [0.05, 0.1) is 5.01 Å². The minimum Gasteiger partial charge on any atom is -0.296 e. The molecule has 76 valence electrons. The SMILES string of the molecule is Cc1sc(Cc2ccccn2)nc1C=O. The van der Waals surface area contributed by atoms with Crippen LogP contribution in [0, 0.1) is 6.92 Å². The lowest BCUT2D eigenvalue weighted by molar-refractivity contribution is 0.111. The summed E-state index contributed by atoms with van der Waals surface area (Å²) in [6.45, 7) is 1.91. The van der Waals surface area contributed by atoms with Crippen molar-refractivity contribution in [2.24, 2.45) is 0 Å². The first-order valence-electron chi connectivity index (χ1n) is 4.61. The molecule has 0 bridgehead atoms. The van der Waals surface area contributed by atoms with E-state index in [0.29, 0.717) is 12.1 Å². The summed E-state index contributed by atoms with van der Waals surface area (Å²) >= 11 is 1.55. The van der Waals surface area contributed by atoms with E-state index >= 15 is 0 Å². The first-order chi connectivity index (χ1) is 7.29. The van der Waals surface area contributed by atoms with Crippen molar-refractivity contribution in [3.63, 3.8) is 0 Å². The number of pyridine rings is 1. The van der Waals surface area contributed by atoms with Gasteiger partial charge in [-0.05, 0) is 19.1 Å². The predicted molar refractivity (Wildman–Crippen MR) is 59.3 cm³/mol. The van der Waals surface area contributed by atoms with Gasteiger partial charge in [0.25, 0.3) is 0 Å². The number of thiazole rings is 1. The fourth-order valence-corrected chi connectivity index (χ4v) is 2.22. The molecule has 0 aliphatic heterocycles. The molecule has 2 aromatic heterocycles. The van der Waals surface area contributed by atoms with Gasteiger partial charge in [-0.2, -0.15) is 0 Å². The number of nitrogens with zero attached hydrogens (tertiary/aromatic N) is 2. The Labute approximate surface area is 91.8 Å². The van der Waals surface area contributed by atoms with Gasteiger partial charge in [0.15, 0.2) is 6.29 Å². The normalized spacial score (nSPS) is 10.2. The number of aromatic nitrogens is 2. The number of carbonyl (C=O) groups excluding carboxylic acids is 1. The predicted octanol–water partition coefficient (Wildman–Crippen LogP) is 2.25. The third-order valence-electron chi connectivity index (χ3n) is 2.05. The third-order valence-corrected chi connectivity index (χ3v) is 3.03. The van der Waals surface area contributed by atoms with Crippen LogP contribution in [0.15, 0.2) is 24.4 Å². The molecule has 2 aromatic rings. The Morgan fingerprint density at radius 3 is 2.93 bits per heavy atom. The fourth-order valence-electron chi connectivity index (χ4n) is 1.31. The Morgan fingerprint density at radius 2 is 2.33 bits per heavy atom. The van der Waals surface area contributed by atoms with E-state index in [4.69, 9.17) is 0 Å². The minimum absolute atomic E-state index is 0.547. The standard InChI is InChI=1S/C11H10N2OS/c1-8-10(7-14)13-11(15-8)6-9-4-2-3-5-12-9/h2-5,7H,6H2,1H3. The van der Waals surface area contributed by atoms with Crippen LogP contribution in [0.25, 0.3) is 0 Å². The topological polar surface area (TPSA) is 42.9 Å². The lowest BCUT2D eigenvalue weighted by Gasteiger charge is -1.94. The molecule has 0 aliphatic carbocycles. The highest BCUT2D eigenvalue weighted by atomic mass is 32.1. The maximum Gasteiger partial charge on any atom is 0.169 e. The van der Waals surface area contributed by atoms with Crippen LogP contribution >= 0.6 is 11.3 Å². The summed E-state index contributed by atoms with van der Waals surface area (Å²) in [7, 11) is 0. The van der Waals surface area contributed by atoms with Gasteiger partial charge >= 0.3 is 0 Å². The average Bonchev–Trinajstić information content (AvgIpc) is 2.60. The summed E-state index contributed by atoms with van der Waals surface area (Å²) in [6, 6.07) is 5.79. The molecule has 0 aliphatic rings. The van der Waals surface area contributed by atoms with Crippen LogP contribution in [0.1, 0.15) is 26.1 Å². The lowest BCUT2D eigenvalue weighted by Crippen LogP contribution is -1.91. The number of aryl methyl sites for hydroxylation is 1. The molecule has 0 saturated carbocycles. The zero-order valence-corrected chi connectivity index (χ0v) is 9.12. The molecule has 0 amide bonds. The summed E-state index contributed by atoms with van der Waals surface area (Å²) in [5, 5.41) is 0.938. The molecule has 3 nitrogen and oxygen atoms in total. The van der Waals surface area contributed by atoms with Gasteiger partial charge in [-0.15, -0.1) is 11.3 Å². The van der Waals surface area contributed by atoms with Gasteiger partial charge < -0.3 is 0 Å². The van der Waals surface area contributed by atoms with Crippen molar-refractivity contribution in [1.82, 2.24) is 9.97 Å². The van der Waals surface area contributed by atoms with E-state index in [2.05, 4.69) is 9.97 Å². The number of aldehydes is 1. The van der Waals surface area contributed by atoms with E-state index in [1.165, 1.54) is 0 Å². The maximum absolute atomic E-state index is 10.6. The van der Waals surface area contributed by atoms with Crippen LogP contribution in [0.2, 0.25) is 0 Å². The van der Waals surface area contributed by atoms with Crippen molar-refractivity contribution in [2.75, 3.05) is 0 Å². The Kier molecular flexibility index (Phi) is 2.87. The fraction of sp³-hybridized carbons (Fsp3) is 0.182. The van der Waals surface area contributed by atoms with Crippen molar-refractivity contribution in [1.29, 1.82) is 0 Å². The number of hydrogen-bond donors (Lipinski definition) is 0. The van der Waals surface area contributed by atoms with E-state index in [-0.39, 0.29) is 0 Å². The van der Waals surface area contributed by atoms with Crippen LogP contribution in [0.4, 0.5) is 0 Å². The van der Waals surface area contributed by atoms with Crippen molar-refractivity contribution in [3.8, 4) is 0 Å². The van der Waals surface area contributed by atoms with Gasteiger partial charge in [-0.1, -0.05) is 6.07 Å². The van der Waals surface area contributed by atoms with Gasteiger partial charge in [-0.3, -0.25) is 9.78 Å². The van der Waals surface area contributed by atoms with Gasteiger partial charge in [0.2, 0.25) is 0 Å². The number of carbonyl (C=O) groups is 1. The molecule has 0 fully saturated rings. The van der Waals surface area contributed by atoms with Gasteiger partial charge in [0.1, 0.15) is 5.69 Å². The van der Waals surface area contributed by atoms with Crippen LogP contribution in [-0.4, -0.2) is 16.3 Å². The molecule has 0 radical (unpaired) electrons. The Morgan fingerprint density at radius 1 is 1.47 bits per heavy atom. The average molecular weight is 218 g/mol. The summed E-state index contributed by atoms with van der Waals surface area (Å²) < 4.78 is 0. The second kappa shape index (κ2) is 4.31. The van der Waals surface area contributed by atoms with Crippen LogP contribution in [-0.2, 0) is 6.42 Å². The molecule has 2 rings (SSSR count). The van der Waals surface area contributed by atoms with E-state index in [9.17, 15) is 4.79 Å². The molecular weight excluding hydrogens is 208 g/mol. The molecule has 0 N–H and O–H groups in total. The summed E-state index contributed by atoms with van der Waals surface area (Å²) in [6.07, 6.45) is 3.25. The molecule has 15 heavy (non-hydrogen) atoms. The van der Waals surface area contributed by atoms with Crippen molar-refractivity contribution in [3.05, 3.63) is 45.7 Å². The summed E-state index contributed by atoms with van der Waals surface area (Å²) in [4.78, 5) is 20.0. The largest absolute Gasteiger partial charge is 0.296 e. The molecule has 0 spiro atoms. The third kappa shape index (κ3) is 2.27. The molecule has 4 heteroatoms. The number of rotatable bonds is 3. The summed E-state index contributed by atoms with van der Waals surface area (Å²) in [5.41, 5.74) is 1.52. The van der Waals surface area contributed by atoms with Gasteiger partial charge in [0, 0.05) is 23.2 Å². The lowest BCUT2D eigenvalue weighted by atomic mass is 10.3. The van der Waals surface area contributed by atoms with Gasteiger partial charge in [-0.25, -0.2) is 4.98 Å². The molecule has 0 aromatic carbocycles. The maximum atomic E-state index is 10.6. The highest BCUT2D eigenvalue weighted by Crippen LogP contribution is 2.18. The Hall–Kier alpha value is -1.55. The first-order valence-corrected chi connectivity index (χ1v) is 5.42. The second-order valence-corrected chi connectivity index (χ2v) is 4.45. The van der Waals surface area contributed by atoms with E-state index in [1.807, 2.05) is 25.1 Å². The molecule has 0 atom stereocenters. The minimum atomic E-state index is 0.547. The quantitative estimate of drug-likeness (QED) is 0.742. The van der Waals surface area contributed by atoms with E-state index in [0.717, 1.165) is 21.9 Å². The second-order valence-electron chi connectivity index (χ2n) is 3.16. The van der Waals surface area contributed by atoms with Crippen molar-refractivity contribution in [2.45, 2.75) is 13.3 Å². The molecule has 2 heterocycles. The number of hydrogen-bond acceptors (Lipinski definition) is 4. The zero-order chi connectivity index (χ0) is 10.7. The highest BCUT2D eigenvalue weighted by Gasteiger charge is 2.07. The zero-order valence-electron chi connectivity index (χ0n) is 8.30. The Bertz CT molecular complexity index is 465. The first kappa shape index (κ1) is 9.98. The smallest absolute Gasteiger partial charge is 0.169 e. The van der Waals surface area contributed by atoms with E-state index in [1.54, 1.807) is 17.5 Å². The van der Waals surface area contributed by atoms with Crippen LogP contribution < -0.4 is 0 Å². The molecule has 0 unspecified atom stereocenters. The monoisotopic (exact) mass is 218 g/mol. The van der Waals surface area contributed by atoms with Crippen molar-refractivity contribution < 1.29 is 4.79 Å². The van der Waals surface area contributed by atoms with Crippen LogP contribution in [0.5, 0.6) is 0 Å². The summed E-state index contributed by atoms with van der Waals surface area (Å²) in [5.74, 6) is 0. The van der Waals surface area contributed by atoms with Crippen LogP contribution in [0.3, 0.4) is 0 Å². The van der Waals surface area contributed by atoms with E-state index < -0.39 is 0 Å². The molecule has 0 saturated heterocycles.